The first kappa shape index (κ1) is 22.8. The molecule has 0 aromatic heterocycles. The van der Waals surface area contributed by atoms with Gasteiger partial charge in [-0.2, -0.15) is 0 Å². The number of hydrogen-bond acceptors (Lipinski definition) is 2. The van der Waals surface area contributed by atoms with Crippen LogP contribution in [0.4, 0.5) is 0 Å². The average molecular weight is 400 g/mol. The van der Waals surface area contributed by atoms with Gasteiger partial charge in [0.15, 0.2) is 0 Å². The molecule has 2 heteroatoms. The van der Waals surface area contributed by atoms with Gasteiger partial charge in [0.25, 0.3) is 0 Å². The lowest BCUT2D eigenvalue weighted by molar-refractivity contribution is -0.0246. The van der Waals surface area contributed by atoms with Gasteiger partial charge in [0.1, 0.15) is 6.23 Å². The van der Waals surface area contributed by atoms with Gasteiger partial charge in [-0.05, 0) is 68.4 Å². The van der Waals surface area contributed by atoms with Gasteiger partial charge >= 0.3 is 0 Å². The van der Waals surface area contributed by atoms with Crippen LogP contribution in [0.25, 0.3) is 0 Å². The number of allylic oxidation sites excluding steroid dienone is 3. The lowest BCUT2D eigenvalue weighted by atomic mass is 9.68. The normalized spacial score (nSPS) is 26.4. The van der Waals surface area contributed by atoms with Gasteiger partial charge in [0.2, 0.25) is 0 Å². The molecule has 3 aliphatic rings. The van der Waals surface area contributed by atoms with Crippen LogP contribution in [-0.2, 0) is 4.74 Å². The summed E-state index contributed by atoms with van der Waals surface area (Å²) in [5.74, 6) is 2.53. The number of hydrogen-bond donors (Lipinski definition) is 1. The Bertz CT molecular complexity index is 559. The summed E-state index contributed by atoms with van der Waals surface area (Å²) in [5, 5.41) is 0. The third-order valence-corrected chi connectivity index (χ3v) is 7.80. The zero-order valence-electron chi connectivity index (χ0n) is 19.1. The van der Waals surface area contributed by atoms with E-state index < -0.39 is 0 Å². The first-order valence-electron chi connectivity index (χ1n) is 12.5. The maximum atomic E-state index is 6.71. The molecule has 0 aromatic carbocycles. The predicted molar refractivity (Wildman–Crippen MR) is 125 cm³/mol. The highest BCUT2D eigenvalue weighted by molar-refractivity contribution is 5.41. The second-order valence-corrected chi connectivity index (χ2v) is 9.97. The fourth-order valence-corrected chi connectivity index (χ4v) is 6.38. The summed E-state index contributed by atoms with van der Waals surface area (Å²) in [7, 11) is 0. The third kappa shape index (κ3) is 6.31. The maximum absolute atomic E-state index is 6.71. The van der Waals surface area contributed by atoms with Crippen molar-refractivity contribution in [1.82, 2.24) is 0 Å². The van der Waals surface area contributed by atoms with Gasteiger partial charge < -0.3 is 10.5 Å². The molecule has 0 aliphatic heterocycles. The van der Waals surface area contributed by atoms with Crippen LogP contribution in [0.3, 0.4) is 0 Å². The van der Waals surface area contributed by atoms with Crippen molar-refractivity contribution in [3.8, 4) is 0 Å². The highest BCUT2D eigenvalue weighted by atomic mass is 16.5. The number of nitrogens with two attached hydrogens (primary N) is 1. The van der Waals surface area contributed by atoms with E-state index in [9.17, 15) is 0 Å². The van der Waals surface area contributed by atoms with Gasteiger partial charge in [-0.15, -0.1) is 0 Å². The first-order valence-corrected chi connectivity index (χ1v) is 12.5. The predicted octanol–water partition coefficient (Wildman–Crippen LogP) is 7.46. The molecule has 164 valence electrons. The van der Waals surface area contributed by atoms with E-state index in [1.807, 2.05) is 0 Å². The van der Waals surface area contributed by atoms with Crippen LogP contribution in [-0.4, -0.2) is 12.3 Å². The molecule has 2 N–H and O–H groups in total. The van der Waals surface area contributed by atoms with Crippen LogP contribution in [0.5, 0.6) is 0 Å². The summed E-state index contributed by atoms with van der Waals surface area (Å²) in [6, 6.07) is 0. The van der Waals surface area contributed by atoms with Crippen molar-refractivity contribution >= 4 is 0 Å². The van der Waals surface area contributed by atoms with Crippen molar-refractivity contribution in [1.29, 1.82) is 0 Å². The van der Waals surface area contributed by atoms with Crippen LogP contribution in [0, 0.1) is 17.8 Å². The Balaban J connectivity index is 1.69. The smallest absolute Gasteiger partial charge is 0.106 e. The molecular weight excluding hydrogens is 354 g/mol. The highest BCUT2D eigenvalue weighted by Gasteiger charge is 2.34. The molecule has 0 spiro atoms. The molecule has 29 heavy (non-hydrogen) atoms. The molecule has 0 saturated heterocycles. The molecule has 3 aliphatic carbocycles. The lowest BCUT2D eigenvalue weighted by Gasteiger charge is -2.40. The van der Waals surface area contributed by atoms with Gasteiger partial charge in [0.05, 0.1) is 6.10 Å². The van der Waals surface area contributed by atoms with E-state index in [0.29, 0.717) is 0 Å². The molecule has 3 rings (SSSR count). The second kappa shape index (κ2) is 11.5. The fraction of sp³-hybridized carbons (Fsp3) is 0.778. The minimum Gasteiger partial charge on any atom is -0.356 e. The van der Waals surface area contributed by atoms with E-state index in [1.165, 1.54) is 87.3 Å². The van der Waals surface area contributed by atoms with Gasteiger partial charge in [-0.25, -0.2) is 0 Å². The van der Waals surface area contributed by atoms with Crippen molar-refractivity contribution < 1.29 is 4.74 Å². The largest absolute Gasteiger partial charge is 0.356 e. The number of rotatable bonds is 8. The SMILES string of the molecule is C=C(C)C1=C(C=CC)C(OC(N)CC(C2CCCCC2)C2CCCCC2)CCC1. The van der Waals surface area contributed by atoms with E-state index in [4.69, 9.17) is 10.5 Å². The molecule has 0 heterocycles. The van der Waals surface area contributed by atoms with Crippen LogP contribution in [0.1, 0.15) is 104 Å². The Hall–Kier alpha value is -0.860. The lowest BCUT2D eigenvalue weighted by Crippen LogP contribution is -2.38. The summed E-state index contributed by atoms with van der Waals surface area (Å²) < 4.78 is 6.58. The summed E-state index contributed by atoms with van der Waals surface area (Å²) in [6.07, 6.45) is 23.0. The average Bonchev–Trinajstić information content (AvgIpc) is 2.74. The van der Waals surface area contributed by atoms with Crippen LogP contribution in [0.15, 0.2) is 35.5 Å². The fourth-order valence-electron chi connectivity index (χ4n) is 6.38. The molecule has 2 nitrogen and oxygen atoms in total. The molecule has 2 saturated carbocycles. The van der Waals surface area contributed by atoms with E-state index >= 15 is 0 Å². The Morgan fingerprint density at radius 1 is 1.00 bits per heavy atom. The topological polar surface area (TPSA) is 35.2 Å². The quantitative estimate of drug-likeness (QED) is 0.430. The van der Waals surface area contributed by atoms with Gasteiger partial charge in [-0.3, -0.25) is 0 Å². The summed E-state index contributed by atoms with van der Waals surface area (Å²) in [5.41, 5.74) is 10.6. The molecule has 2 fully saturated rings. The molecule has 2 atom stereocenters. The van der Waals surface area contributed by atoms with Crippen LogP contribution >= 0.6 is 0 Å². The van der Waals surface area contributed by atoms with Crippen molar-refractivity contribution in [3.63, 3.8) is 0 Å². The Morgan fingerprint density at radius 2 is 1.59 bits per heavy atom. The molecular formula is C27H45NO. The van der Waals surface area contributed by atoms with Crippen molar-refractivity contribution in [2.24, 2.45) is 23.5 Å². The third-order valence-electron chi connectivity index (χ3n) is 7.80. The Kier molecular flexibility index (Phi) is 9.06. The summed E-state index contributed by atoms with van der Waals surface area (Å²) in [6.45, 7) is 8.44. The molecule has 0 amide bonds. The molecule has 0 bridgehead atoms. The van der Waals surface area contributed by atoms with Crippen LogP contribution in [0.2, 0.25) is 0 Å². The van der Waals surface area contributed by atoms with E-state index in [0.717, 1.165) is 37.0 Å². The van der Waals surface area contributed by atoms with E-state index in [2.05, 4.69) is 32.6 Å². The maximum Gasteiger partial charge on any atom is 0.106 e. The van der Waals surface area contributed by atoms with Crippen molar-refractivity contribution in [3.05, 3.63) is 35.5 Å². The second-order valence-electron chi connectivity index (χ2n) is 9.97. The zero-order chi connectivity index (χ0) is 20.6. The van der Waals surface area contributed by atoms with Crippen molar-refractivity contribution in [2.75, 3.05) is 0 Å². The minimum absolute atomic E-state index is 0.139. The standard InChI is InChI=1S/C27H45NO/c1-4-12-24-23(20(2)3)17-11-18-26(24)29-27(28)19-25(21-13-7-5-8-14-21)22-15-9-6-10-16-22/h4,12,21-22,25-27H,2,5-11,13-19,28H2,1,3H3. The molecule has 0 aromatic rings. The molecule has 2 unspecified atom stereocenters. The van der Waals surface area contributed by atoms with Gasteiger partial charge in [0, 0.05) is 0 Å². The van der Waals surface area contributed by atoms with Crippen LogP contribution < -0.4 is 5.73 Å². The Morgan fingerprint density at radius 3 is 2.10 bits per heavy atom. The first-order chi connectivity index (χ1) is 14.1. The summed E-state index contributed by atoms with van der Waals surface area (Å²) >= 11 is 0. The zero-order valence-corrected chi connectivity index (χ0v) is 19.1. The van der Waals surface area contributed by atoms with E-state index in [-0.39, 0.29) is 12.3 Å². The highest BCUT2D eigenvalue weighted by Crippen LogP contribution is 2.42. The minimum atomic E-state index is -0.140. The molecule has 0 radical (unpaired) electrons. The summed E-state index contributed by atoms with van der Waals surface area (Å²) in [4.78, 5) is 0. The van der Waals surface area contributed by atoms with E-state index in [1.54, 1.807) is 0 Å². The monoisotopic (exact) mass is 399 g/mol. The van der Waals surface area contributed by atoms with Gasteiger partial charge in [-0.1, -0.05) is 88.5 Å². The van der Waals surface area contributed by atoms with Crippen molar-refractivity contribution in [2.45, 2.75) is 116 Å². The number of ether oxygens (including phenoxy) is 1. The Labute approximate surface area is 180 Å².